The summed E-state index contributed by atoms with van der Waals surface area (Å²) >= 11 is 0. The third-order valence-electron chi connectivity index (χ3n) is 9.34. The van der Waals surface area contributed by atoms with Gasteiger partial charge in [0.25, 0.3) is 0 Å². The topological polar surface area (TPSA) is 20.2 Å². The first kappa shape index (κ1) is 15.5. The molecule has 8 atom stereocenters. The lowest BCUT2D eigenvalue weighted by Gasteiger charge is -2.61. The van der Waals surface area contributed by atoms with Crippen LogP contribution in [0.3, 0.4) is 0 Å². The average Bonchev–Trinajstić information content (AvgIpc) is 2.84. The fourth-order valence-electron chi connectivity index (χ4n) is 7.88. The minimum Gasteiger partial charge on any atom is -0.396 e. The maximum atomic E-state index is 9.83. The molecular formula is C21H36O. The molecule has 4 saturated carbocycles. The van der Waals surface area contributed by atoms with Gasteiger partial charge in [0, 0.05) is 6.61 Å². The van der Waals surface area contributed by atoms with Gasteiger partial charge in [0.05, 0.1) is 0 Å². The summed E-state index contributed by atoms with van der Waals surface area (Å²) in [5.74, 6) is 5.46. The Morgan fingerprint density at radius 3 is 2.36 bits per heavy atom. The van der Waals surface area contributed by atoms with Crippen molar-refractivity contribution >= 4 is 0 Å². The van der Waals surface area contributed by atoms with Crippen molar-refractivity contribution in [3.8, 4) is 0 Å². The molecule has 0 aromatic heterocycles. The van der Waals surface area contributed by atoms with Crippen LogP contribution in [0.4, 0.5) is 0 Å². The van der Waals surface area contributed by atoms with Crippen LogP contribution in [0.2, 0.25) is 0 Å². The van der Waals surface area contributed by atoms with Gasteiger partial charge >= 0.3 is 0 Å². The minimum atomic E-state index is 0.432. The van der Waals surface area contributed by atoms with Gasteiger partial charge in [-0.05, 0) is 97.7 Å². The largest absolute Gasteiger partial charge is 0.396 e. The number of hydrogen-bond acceptors (Lipinski definition) is 1. The summed E-state index contributed by atoms with van der Waals surface area (Å²) in [6.07, 6.45) is 13.0. The van der Waals surface area contributed by atoms with Gasteiger partial charge in [0.15, 0.2) is 0 Å². The summed E-state index contributed by atoms with van der Waals surface area (Å²) in [7, 11) is 0. The van der Waals surface area contributed by atoms with Gasteiger partial charge < -0.3 is 5.11 Å². The maximum Gasteiger partial charge on any atom is 0.0464 e. The second kappa shape index (κ2) is 5.23. The average molecular weight is 305 g/mol. The van der Waals surface area contributed by atoms with E-state index in [-0.39, 0.29) is 0 Å². The van der Waals surface area contributed by atoms with Gasteiger partial charge in [-0.2, -0.15) is 0 Å². The molecule has 1 N–H and O–H groups in total. The van der Waals surface area contributed by atoms with Crippen molar-refractivity contribution in [3.05, 3.63) is 0 Å². The minimum absolute atomic E-state index is 0.432. The van der Waals surface area contributed by atoms with E-state index in [9.17, 15) is 5.11 Å². The van der Waals surface area contributed by atoms with Crippen LogP contribution in [0.1, 0.15) is 78.6 Å². The summed E-state index contributed by atoms with van der Waals surface area (Å²) in [6, 6.07) is 0. The van der Waals surface area contributed by atoms with Crippen molar-refractivity contribution in [2.75, 3.05) is 6.61 Å². The third kappa shape index (κ3) is 2.00. The van der Waals surface area contributed by atoms with Crippen LogP contribution in [-0.2, 0) is 0 Å². The van der Waals surface area contributed by atoms with E-state index >= 15 is 0 Å². The zero-order valence-electron chi connectivity index (χ0n) is 15.0. The van der Waals surface area contributed by atoms with Crippen LogP contribution in [0.15, 0.2) is 0 Å². The van der Waals surface area contributed by atoms with Crippen molar-refractivity contribution in [1.82, 2.24) is 0 Å². The molecule has 0 saturated heterocycles. The monoisotopic (exact) mass is 304 g/mol. The molecule has 0 radical (unpaired) electrons. The molecule has 4 rings (SSSR count). The lowest BCUT2D eigenvalue weighted by molar-refractivity contribution is -0.119. The lowest BCUT2D eigenvalue weighted by Crippen LogP contribution is -2.53. The van der Waals surface area contributed by atoms with Crippen LogP contribution in [0.5, 0.6) is 0 Å². The van der Waals surface area contributed by atoms with Crippen LogP contribution in [0.25, 0.3) is 0 Å². The quantitative estimate of drug-likeness (QED) is 0.699. The molecule has 4 aliphatic rings. The molecule has 0 aromatic carbocycles. The van der Waals surface area contributed by atoms with Crippen molar-refractivity contribution in [2.24, 2.45) is 46.3 Å². The SMILES string of the molecule is CC1CCC2(C)C(CCC3C4CCC(CO)C4(C)CCC32)C1. The molecule has 0 spiro atoms. The van der Waals surface area contributed by atoms with E-state index in [0.717, 1.165) is 29.6 Å². The van der Waals surface area contributed by atoms with E-state index in [4.69, 9.17) is 0 Å². The summed E-state index contributed by atoms with van der Waals surface area (Å²) < 4.78 is 0. The maximum absolute atomic E-state index is 9.83. The highest BCUT2D eigenvalue weighted by Crippen LogP contribution is 2.67. The van der Waals surface area contributed by atoms with Crippen LogP contribution < -0.4 is 0 Å². The fourth-order valence-corrected chi connectivity index (χ4v) is 7.88. The fraction of sp³-hybridized carbons (Fsp3) is 1.00. The normalized spacial score (nSPS) is 57.8. The Kier molecular flexibility index (Phi) is 3.68. The van der Waals surface area contributed by atoms with E-state index in [1.807, 2.05) is 0 Å². The molecule has 0 bridgehead atoms. The van der Waals surface area contributed by atoms with E-state index in [0.29, 0.717) is 23.4 Å². The Balaban J connectivity index is 1.61. The summed E-state index contributed by atoms with van der Waals surface area (Å²) in [6.45, 7) is 8.11. The molecule has 8 unspecified atom stereocenters. The molecule has 0 aliphatic heterocycles. The number of aliphatic hydroxyl groups is 1. The zero-order valence-corrected chi connectivity index (χ0v) is 15.0. The van der Waals surface area contributed by atoms with E-state index < -0.39 is 0 Å². The van der Waals surface area contributed by atoms with Gasteiger partial charge in [-0.3, -0.25) is 0 Å². The molecule has 4 aliphatic carbocycles. The number of fused-ring (bicyclic) bond motifs is 5. The van der Waals surface area contributed by atoms with Crippen LogP contribution >= 0.6 is 0 Å². The number of aliphatic hydroxyl groups excluding tert-OH is 1. The predicted molar refractivity (Wildman–Crippen MR) is 91.5 cm³/mol. The first-order valence-corrected chi connectivity index (χ1v) is 10.1. The standard InChI is InChI=1S/C21H36O/c1-14-8-10-20(2)15(12-14)4-6-17-18-7-5-16(13-22)21(18,3)11-9-19(17)20/h14-19,22H,4-13H2,1-3H3. The van der Waals surface area contributed by atoms with Gasteiger partial charge in [0.2, 0.25) is 0 Å². The second-order valence-electron chi connectivity index (χ2n) is 10.0. The predicted octanol–water partition coefficient (Wildman–Crippen LogP) is 5.27. The number of hydrogen-bond donors (Lipinski definition) is 1. The van der Waals surface area contributed by atoms with E-state index in [2.05, 4.69) is 20.8 Å². The molecular weight excluding hydrogens is 268 g/mol. The van der Waals surface area contributed by atoms with Gasteiger partial charge in [-0.1, -0.05) is 27.2 Å². The van der Waals surface area contributed by atoms with Gasteiger partial charge in [-0.15, -0.1) is 0 Å². The highest BCUT2D eigenvalue weighted by atomic mass is 16.3. The van der Waals surface area contributed by atoms with Crippen molar-refractivity contribution in [2.45, 2.75) is 78.6 Å². The van der Waals surface area contributed by atoms with E-state index in [1.54, 1.807) is 0 Å². The third-order valence-corrected chi connectivity index (χ3v) is 9.34. The Hall–Kier alpha value is -0.0400. The summed E-state index contributed by atoms with van der Waals surface area (Å²) in [4.78, 5) is 0. The van der Waals surface area contributed by atoms with Gasteiger partial charge in [-0.25, -0.2) is 0 Å². The van der Waals surface area contributed by atoms with Crippen molar-refractivity contribution in [3.63, 3.8) is 0 Å². The van der Waals surface area contributed by atoms with E-state index in [1.165, 1.54) is 57.8 Å². The molecule has 4 fully saturated rings. The Bertz CT molecular complexity index is 432. The molecule has 1 heteroatoms. The van der Waals surface area contributed by atoms with Crippen molar-refractivity contribution < 1.29 is 5.11 Å². The molecule has 0 amide bonds. The second-order valence-corrected chi connectivity index (χ2v) is 10.0. The Morgan fingerprint density at radius 1 is 0.864 bits per heavy atom. The Morgan fingerprint density at radius 2 is 1.59 bits per heavy atom. The molecule has 0 heterocycles. The Labute approximate surface area is 137 Å². The van der Waals surface area contributed by atoms with Crippen LogP contribution in [0, 0.1) is 46.3 Å². The summed E-state index contributed by atoms with van der Waals surface area (Å²) in [5.41, 5.74) is 1.11. The van der Waals surface area contributed by atoms with Crippen LogP contribution in [-0.4, -0.2) is 11.7 Å². The molecule has 22 heavy (non-hydrogen) atoms. The molecule has 1 nitrogen and oxygen atoms in total. The lowest BCUT2D eigenvalue weighted by atomic mass is 9.44. The number of rotatable bonds is 1. The first-order valence-electron chi connectivity index (χ1n) is 10.1. The van der Waals surface area contributed by atoms with Gasteiger partial charge in [0.1, 0.15) is 0 Å². The summed E-state index contributed by atoms with van der Waals surface area (Å²) in [5, 5.41) is 9.83. The highest BCUT2D eigenvalue weighted by Gasteiger charge is 2.59. The smallest absolute Gasteiger partial charge is 0.0464 e. The zero-order chi connectivity index (χ0) is 15.5. The van der Waals surface area contributed by atoms with Crippen molar-refractivity contribution in [1.29, 1.82) is 0 Å². The first-order chi connectivity index (χ1) is 10.5. The highest BCUT2D eigenvalue weighted by molar-refractivity contribution is 5.08. The molecule has 126 valence electrons. The molecule has 0 aromatic rings.